The Balaban J connectivity index is 1.41. The van der Waals surface area contributed by atoms with E-state index in [9.17, 15) is 9.59 Å². The van der Waals surface area contributed by atoms with Crippen LogP contribution in [-0.4, -0.2) is 41.3 Å². The normalized spacial score (nSPS) is 14.9. The number of rotatable bonds is 5. The fourth-order valence-corrected chi connectivity index (χ4v) is 3.38. The van der Waals surface area contributed by atoms with Crippen molar-refractivity contribution in [2.45, 2.75) is 19.3 Å². The lowest BCUT2D eigenvalue weighted by atomic mass is 9.96. The Kier molecular flexibility index (Phi) is 6.39. The molecule has 0 aliphatic carbocycles. The summed E-state index contributed by atoms with van der Waals surface area (Å²) in [5, 5.41) is 2.97. The number of amides is 2. The highest BCUT2D eigenvalue weighted by atomic mass is 79.9. The number of halogens is 1. The highest BCUT2D eigenvalue weighted by molar-refractivity contribution is 9.10. The Bertz CT molecular complexity index is 741. The predicted molar refractivity (Wildman–Crippen MR) is 104 cm³/mol. The lowest BCUT2D eigenvalue weighted by Crippen LogP contribution is -2.42. The zero-order valence-electron chi connectivity index (χ0n) is 14.5. The van der Waals surface area contributed by atoms with Crippen molar-refractivity contribution in [3.63, 3.8) is 0 Å². The number of piperidine rings is 1. The van der Waals surface area contributed by atoms with Crippen LogP contribution in [0.5, 0.6) is 0 Å². The minimum Gasteiger partial charge on any atom is -0.352 e. The van der Waals surface area contributed by atoms with E-state index in [1.54, 1.807) is 24.5 Å². The van der Waals surface area contributed by atoms with Crippen molar-refractivity contribution < 1.29 is 9.59 Å². The molecular formula is C20H22BrN3O2. The van der Waals surface area contributed by atoms with E-state index in [0.29, 0.717) is 24.4 Å². The number of hydrogen-bond acceptors (Lipinski definition) is 3. The number of aromatic nitrogens is 1. The minimum atomic E-state index is -0.0909. The number of likely N-dealkylation sites (tertiary alicyclic amines) is 1. The fraction of sp³-hybridized carbons (Fsp3) is 0.350. The first kappa shape index (κ1) is 18.6. The van der Waals surface area contributed by atoms with E-state index < -0.39 is 0 Å². The molecule has 1 aliphatic rings. The maximum absolute atomic E-state index is 12.4. The lowest BCUT2D eigenvalue weighted by Gasteiger charge is -2.32. The molecule has 1 aromatic heterocycles. The summed E-state index contributed by atoms with van der Waals surface area (Å²) in [6.07, 6.45) is 5.49. The first-order valence-corrected chi connectivity index (χ1v) is 9.61. The van der Waals surface area contributed by atoms with Crippen molar-refractivity contribution in [2.75, 3.05) is 19.6 Å². The van der Waals surface area contributed by atoms with Crippen LogP contribution in [0.1, 0.15) is 28.8 Å². The highest BCUT2D eigenvalue weighted by Crippen LogP contribution is 2.18. The zero-order chi connectivity index (χ0) is 18.4. The van der Waals surface area contributed by atoms with Crippen LogP contribution in [-0.2, 0) is 11.2 Å². The van der Waals surface area contributed by atoms with E-state index in [1.807, 2.05) is 29.2 Å². The molecule has 1 N–H and O–H groups in total. The maximum atomic E-state index is 12.4. The molecular weight excluding hydrogens is 394 g/mol. The van der Waals surface area contributed by atoms with Gasteiger partial charge in [0, 0.05) is 36.5 Å². The summed E-state index contributed by atoms with van der Waals surface area (Å²) in [5.74, 6) is 0.490. The molecule has 0 unspecified atom stereocenters. The van der Waals surface area contributed by atoms with Gasteiger partial charge in [-0.3, -0.25) is 14.6 Å². The number of carbonyl (C=O) groups is 2. The van der Waals surface area contributed by atoms with Crippen LogP contribution in [0.3, 0.4) is 0 Å². The van der Waals surface area contributed by atoms with Crippen molar-refractivity contribution >= 4 is 27.7 Å². The van der Waals surface area contributed by atoms with Gasteiger partial charge in [-0.05, 0) is 48.6 Å². The van der Waals surface area contributed by atoms with E-state index in [-0.39, 0.29) is 11.8 Å². The monoisotopic (exact) mass is 415 g/mol. The van der Waals surface area contributed by atoms with Crippen LogP contribution in [0.4, 0.5) is 0 Å². The Morgan fingerprint density at radius 3 is 2.54 bits per heavy atom. The van der Waals surface area contributed by atoms with Gasteiger partial charge < -0.3 is 10.2 Å². The fourth-order valence-electron chi connectivity index (χ4n) is 3.11. The molecule has 1 aromatic carbocycles. The van der Waals surface area contributed by atoms with Gasteiger partial charge >= 0.3 is 0 Å². The minimum absolute atomic E-state index is 0.0909. The van der Waals surface area contributed by atoms with E-state index in [0.717, 1.165) is 36.0 Å². The molecule has 2 heterocycles. The largest absolute Gasteiger partial charge is 0.352 e. The number of benzene rings is 1. The summed E-state index contributed by atoms with van der Waals surface area (Å²) >= 11 is 3.41. The van der Waals surface area contributed by atoms with Gasteiger partial charge in [0.15, 0.2) is 0 Å². The summed E-state index contributed by atoms with van der Waals surface area (Å²) in [5.41, 5.74) is 1.61. The molecule has 2 aromatic rings. The second-order valence-electron chi connectivity index (χ2n) is 6.58. The molecule has 5 nitrogen and oxygen atoms in total. The molecule has 6 heteroatoms. The third-order valence-corrected chi connectivity index (χ3v) is 5.24. The van der Waals surface area contributed by atoms with Crippen molar-refractivity contribution in [2.24, 2.45) is 5.92 Å². The molecule has 26 heavy (non-hydrogen) atoms. The van der Waals surface area contributed by atoms with Crippen LogP contribution < -0.4 is 5.32 Å². The Hall–Kier alpha value is -2.21. The molecule has 0 saturated carbocycles. The first-order chi connectivity index (χ1) is 12.6. The van der Waals surface area contributed by atoms with Gasteiger partial charge in [-0.25, -0.2) is 0 Å². The van der Waals surface area contributed by atoms with Gasteiger partial charge in [0.25, 0.3) is 5.91 Å². The quantitative estimate of drug-likeness (QED) is 0.815. The van der Waals surface area contributed by atoms with Crippen LogP contribution in [0.2, 0.25) is 0 Å². The number of pyridine rings is 1. The van der Waals surface area contributed by atoms with E-state index in [1.165, 1.54) is 0 Å². The van der Waals surface area contributed by atoms with Crippen molar-refractivity contribution in [1.82, 2.24) is 15.2 Å². The summed E-state index contributed by atoms with van der Waals surface area (Å²) in [6, 6.07) is 11.4. The molecule has 0 atom stereocenters. The van der Waals surface area contributed by atoms with E-state index in [4.69, 9.17) is 0 Å². The van der Waals surface area contributed by atoms with Crippen molar-refractivity contribution in [3.05, 3.63) is 64.4 Å². The SMILES string of the molecule is O=C(NCC1CCN(C(=O)Cc2ccc(Br)cc2)CC1)c1cccnc1. The Morgan fingerprint density at radius 2 is 1.88 bits per heavy atom. The van der Waals surface area contributed by atoms with Crippen LogP contribution in [0, 0.1) is 5.92 Å². The second kappa shape index (κ2) is 8.94. The Labute approximate surface area is 161 Å². The Morgan fingerprint density at radius 1 is 1.15 bits per heavy atom. The van der Waals surface area contributed by atoms with Gasteiger partial charge in [-0.15, -0.1) is 0 Å². The summed E-state index contributed by atoms with van der Waals surface area (Å²) in [6.45, 7) is 2.15. The first-order valence-electron chi connectivity index (χ1n) is 8.82. The van der Waals surface area contributed by atoms with Crippen molar-refractivity contribution in [3.8, 4) is 0 Å². The molecule has 3 rings (SSSR count). The van der Waals surface area contributed by atoms with Gasteiger partial charge in [0.2, 0.25) is 5.91 Å². The molecule has 136 valence electrons. The van der Waals surface area contributed by atoms with E-state index in [2.05, 4.69) is 26.2 Å². The number of nitrogens with zero attached hydrogens (tertiary/aromatic N) is 2. The molecule has 1 aliphatic heterocycles. The van der Waals surface area contributed by atoms with Crippen LogP contribution in [0.25, 0.3) is 0 Å². The number of hydrogen-bond donors (Lipinski definition) is 1. The average Bonchev–Trinajstić information content (AvgIpc) is 2.69. The molecule has 0 spiro atoms. The highest BCUT2D eigenvalue weighted by Gasteiger charge is 2.23. The molecule has 0 bridgehead atoms. The number of nitrogens with one attached hydrogen (secondary N) is 1. The summed E-state index contributed by atoms with van der Waals surface area (Å²) in [7, 11) is 0. The van der Waals surface area contributed by atoms with Gasteiger partial charge in [0.05, 0.1) is 12.0 Å². The number of carbonyl (C=O) groups excluding carboxylic acids is 2. The van der Waals surface area contributed by atoms with Crippen LogP contribution >= 0.6 is 15.9 Å². The molecule has 2 amide bonds. The standard InChI is InChI=1S/C20H22BrN3O2/c21-18-5-3-15(4-6-18)12-19(25)24-10-7-16(8-11-24)13-23-20(26)17-2-1-9-22-14-17/h1-6,9,14,16H,7-8,10-13H2,(H,23,26). The summed E-state index contributed by atoms with van der Waals surface area (Å²) in [4.78, 5) is 30.4. The van der Waals surface area contributed by atoms with Crippen LogP contribution in [0.15, 0.2) is 53.3 Å². The average molecular weight is 416 g/mol. The maximum Gasteiger partial charge on any atom is 0.252 e. The van der Waals surface area contributed by atoms with Gasteiger partial charge in [-0.1, -0.05) is 28.1 Å². The van der Waals surface area contributed by atoms with Crippen molar-refractivity contribution in [1.29, 1.82) is 0 Å². The van der Waals surface area contributed by atoms with Gasteiger partial charge in [0.1, 0.15) is 0 Å². The lowest BCUT2D eigenvalue weighted by molar-refractivity contribution is -0.131. The second-order valence-corrected chi connectivity index (χ2v) is 7.49. The third-order valence-electron chi connectivity index (χ3n) is 4.71. The van der Waals surface area contributed by atoms with E-state index >= 15 is 0 Å². The molecule has 1 saturated heterocycles. The topological polar surface area (TPSA) is 62.3 Å². The smallest absolute Gasteiger partial charge is 0.252 e. The van der Waals surface area contributed by atoms with Gasteiger partial charge in [-0.2, -0.15) is 0 Å². The predicted octanol–water partition coefficient (Wildman–Crippen LogP) is 3.06. The molecule has 1 fully saturated rings. The summed E-state index contributed by atoms with van der Waals surface area (Å²) < 4.78 is 1.02. The third kappa shape index (κ3) is 5.14. The molecule has 0 radical (unpaired) electrons. The zero-order valence-corrected chi connectivity index (χ0v) is 16.1.